The van der Waals surface area contributed by atoms with Crippen LogP contribution in [0.25, 0.3) is 0 Å². The van der Waals surface area contributed by atoms with Crippen LogP contribution in [0.1, 0.15) is 31.2 Å². The van der Waals surface area contributed by atoms with E-state index >= 15 is 0 Å². The van der Waals surface area contributed by atoms with Crippen LogP contribution in [0, 0.1) is 11.7 Å². The van der Waals surface area contributed by atoms with Crippen molar-refractivity contribution in [3.05, 3.63) is 54.0 Å². The Kier molecular flexibility index (Phi) is 7.58. The van der Waals surface area contributed by atoms with E-state index in [0.29, 0.717) is 30.2 Å². The first-order valence-electron chi connectivity index (χ1n) is 11.6. The molecular weight excluding hydrogens is 407 g/mol. The highest BCUT2D eigenvalue weighted by molar-refractivity contribution is 5.76. The highest BCUT2D eigenvalue weighted by Gasteiger charge is 2.25. The molecule has 2 aliphatic rings. The molecule has 2 fully saturated rings. The highest BCUT2D eigenvalue weighted by atomic mass is 19.1. The molecule has 2 aromatic rings. The van der Waals surface area contributed by atoms with E-state index in [2.05, 4.69) is 14.8 Å². The maximum absolute atomic E-state index is 14.3. The monoisotopic (exact) mass is 440 g/mol. The van der Waals surface area contributed by atoms with Gasteiger partial charge >= 0.3 is 0 Å². The largest absolute Gasteiger partial charge is 0.497 e. The third-order valence-corrected chi connectivity index (χ3v) is 6.63. The van der Waals surface area contributed by atoms with Crippen LogP contribution in [0.5, 0.6) is 5.75 Å². The summed E-state index contributed by atoms with van der Waals surface area (Å²) < 4.78 is 19.4. The lowest BCUT2D eigenvalue weighted by atomic mass is 9.92. The van der Waals surface area contributed by atoms with Crippen molar-refractivity contribution in [2.24, 2.45) is 5.92 Å². The van der Waals surface area contributed by atoms with Crippen molar-refractivity contribution in [1.82, 2.24) is 14.8 Å². The van der Waals surface area contributed by atoms with Crippen molar-refractivity contribution in [2.75, 3.05) is 51.3 Å². The number of pyridine rings is 1. The Balaban J connectivity index is 1.21. The van der Waals surface area contributed by atoms with Gasteiger partial charge in [0.05, 0.1) is 7.11 Å². The standard InChI is InChI=1S/C25H33FN4O2/c1-32-22-9-8-21(23(26)17-22)19-28-12-4-5-20(18-28)7-10-25(31)30-15-13-29(14-16-30)24-6-2-3-11-27-24/h2-3,6,8-9,11,17,20H,4-5,7,10,12-16,18-19H2,1H3/t20-/m1/s1. The number of anilines is 1. The fourth-order valence-electron chi connectivity index (χ4n) is 4.77. The van der Waals surface area contributed by atoms with Crippen LogP contribution < -0.4 is 9.64 Å². The minimum atomic E-state index is -0.216. The Hall–Kier alpha value is -2.67. The van der Waals surface area contributed by atoms with Gasteiger partial charge in [-0.2, -0.15) is 0 Å². The zero-order valence-electron chi connectivity index (χ0n) is 18.9. The molecule has 32 heavy (non-hydrogen) atoms. The molecule has 172 valence electrons. The first-order valence-corrected chi connectivity index (χ1v) is 11.6. The minimum absolute atomic E-state index is 0.216. The number of likely N-dealkylation sites (tertiary alicyclic amines) is 1. The van der Waals surface area contributed by atoms with Gasteiger partial charge in [-0.3, -0.25) is 9.69 Å². The zero-order chi connectivity index (χ0) is 22.3. The lowest BCUT2D eigenvalue weighted by molar-refractivity contribution is -0.131. The number of halogens is 1. The Morgan fingerprint density at radius 2 is 2.00 bits per heavy atom. The molecule has 0 radical (unpaired) electrons. The number of carbonyl (C=O) groups excluding carboxylic acids is 1. The third kappa shape index (κ3) is 5.76. The van der Waals surface area contributed by atoms with E-state index in [4.69, 9.17) is 4.74 Å². The molecule has 2 aliphatic heterocycles. The van der Waals surface area contributed by atoms with Crippen LogP contribution >= 0.6 is 0 Å². The molecule has 1 atom stereocenters. The van der Waals surface area contributed by atoms with Crippen LogP contribution in [-0.4, -0.2) is 67.1 Å². The number of rotatable bonds is 7. The highest BCUT2D eigenvalue weighted by Crippen LogP contribution is 2.25. The van der Waals surface area contributed by atoms with E-state index in [9.17, 15) is 9.18 Å². The maximum atomic E-state index is 14.3. The average molecular weight is 441 g/mol. The van der Waals surface area contributed by atoms with E-state index in [0.717, 1.165) is 64.3 Å². The van der Waals surface area contributed by atoms with Crippen LogP contribution in [0.15, 0.2) is 42.6 Å². The normalized spacial score (nSPS) is 19.8. The second-order valence-electron chi connectivity index (χ2n) is 8.80. The number of hydrogen-bond donors (Lipinski definition) is 0. The van der Waals surface area contributed by atoms with E-state index in [1.54, 1.807) is 7.11 Å². The van der Waals surface area contributed by atoms with Gasteiger partial charge in [-0.05, 0) is 49.9 Å². The summed E-state index contributed by atoms with van der Waals surface area (Å²) in [5, 5.41) is 0. The summed E-state index contributed by atoms with van der Waals surface area (Å²) in [6, 6.07) is 11.0. The zero-order valence-corrected chi connectivity index (χ0v) is 18.9. The molecular formula is C25H33FN4O2. The molecule has 3 heterocycles. The van der Waals surface area contributed by atoms with Crippen molar-refractivity contribution in [2.45, 2.75) is 32.2 Å². The molecule has 0 unspecified atom stereocenters. The number of amides is 1. The van der Waals surface area contributed by atoms with Crippen LogP contribution in [-0.2, 0) is 11.3 Å². The quantitative estimate of drug-likeness (QED) is 0.659. The van der Waals surface area contributed by atoms with Gasteiger partial charge in [0.1, 0.15) is 17.4 Å². The fourth-order valence-corrected chi connectivity index (χ4v) is 4.77. The van der Waals surface area contributed by atoms with Gasteiger partial charge < -0.3 is 14.5 Å². The number of hydrogen-bond acceptors (Lipinski definition) is 5. The number of carbonyl (C=O) groups is 1. The minimum Gasteiger partial charge on any atom is -0.497 e. The number of ether oxygens (including phenoxy) is 1. The van der Waals surface area contributed by atoms with Crippen LogP contribution in [0.2, 0.25) is 0 Å². The van der Waals surface area contributed by atoms with Crippen molar-refractivity contribution in [3.8, 4) is 5.75 Å². The van der Waals surface area contributed by atoms with Gasteiger partial charge in [0, 0.05) is 63.5 Å². The molecule has 0 spiro atoms. The van der Waals surface area contributed by atoms with Gasteiger partial charge in [0.15, 0.2) is 0 Å². The van der Waals surface area contributed by atoms with Gasteiger partial charge in [-0.15, -0.1) is 0 Å². The molecule has 1 amide bonds. The van der Waals surface area contributed by atoms with E-state index in [-0.39, 0.29) is 11.7 Å². The van der Waals surface area contributed by atoms with E-state index < -0.39 is 0 Å². The molecule has 6 nitrogen and oxygen atoms in total. The van der Waals surface area contributed by atoms with Gasteiger partial charge in [-0.25, -0.2) is 9.37 Å². The molecule has 7 heteroatoms. The summed E-state index contributed by atoms with van der Waals surface area (Å²) >= 11 is 0. The van der Waals surface area contributed by atoms with Crippen molar-refractivity contribution in [3.63, 3.8) is 0 Å². The number of aromatic nitrogens is 1. The maximum Gasteiger partial charge on any atom is 0.222 e. The van der Waals surface area contributed by atoms with Gasteiger partial charge in [-0.1, -0.05) is 12.1 Å². The summed E-state index contributed by atoms with van der Waals surface area (Å²) in [4.78, 5) is 23.7. The van der Waals surface area contributed by atoms with E-state index in [1.165, 1.54) is 6.07 Å². The fraction of sp³-hybridized carbons (Fsp3) is 0.520. The lowest BCUT2D eigenvalue weighted by Gasteiger charge is -2.36. The predicted molar refractivity (Wildman–Crippen MR) is 123 cm³/mol. The SMILES string of the molecule is COc1ccc(CN2CCC[C@H](CCC(=O)N3CCN(c4ccccn4)CC3)C2)c(F)c1. The van der Waals surface area contributed by atoms with Gasteiger partial charge in [0.2, 0.25) is 5.91 Å². The second-order valence-corrected chi connectivity index (χ2v) is 8.80. The smallest absolute Gasteiger partial charge is 0.222 e. The number of piperidine rings is 1. The van der Waals surface area contributed by atoms with Crippen molar-refractivity contribution < 1.29 is 13.9 Å². The molecule has 4 rings (SSSR count). The molecule has 2 saturated heterocycles. The van der Waals surface area contributed by atoms with Crippen molar-refractivity contribution in [1.29, 1.82) is 0 Å². The second kappa shape index (κ2) is 10.8. The Labute approximate surface area is 190 Å². The molecule has 1 aromatic carbocycles. The number of piperazine rings is 1. The first kappa shape index (κ1) is 22.5. The molecule has 0 saturated carbocycles. The predicted octanol–water partition coefficient (Wildman–Crippen LogP) is 3.57. The molecule has 0 aliphatic carbocycles. The topological polar surface area (TPSA) is 48.9 Å². The summed E-state index contributed by atoms with van der Waals surface area (Å²) in [7, 11) is 1.55. The average Bonchev–Trinajstić information content (AvgIpc) is 2.84. The summed E-state index contributed by atoms with van der Waals surface area (Å²) in [6.07, 6.45) is 5.55. The summed E-state index contributed by atoms with van der Waals surface area (Å²) in [5.74, 6) is 2.05. The Morgan fingerprint density at radius 3 is 2.72 bits per heavy atom. The molecule has 0 bridgehead atoms. The van der Waals surface area contributed by atoms with Crippen LogP contribution in [0.4, 0.5) is 10.2 Å². The first-order chi connectivity index (χ1) is 15.6. The Bertz CT molecular complexity index is 887. The third-order valence-electron chi connectivity index (χ3n) is 6.63. The molecule has 1 aromatic heterocycles. The van der Waals surface area contributed by atoms with Crippen LogP contribution in [0.3, 0.4) is 0 Å². The molecule has 0 N–H and O–H groups in total. The number of nitrogens with zero attached hydrogens (tertiary/aromatic N) is 4. The van der Waals surface area contributed by atoms with Gasteiger partial charge in [0.25, 0.3) is 0 Å². The van der Waals surface area contributed by atoms with E-state index in [1.807, 2.05) is 41.4 Å². The number of benzene rings is 1. The Morgan fingerprint density at radius 1 is 1.16 bits per heavy atom. The number of methoxy groups -OCH3 is 1. The summed E-state index contributed by atoms with van der Waals surface area (Å²) in [5.41, 5.74) is 0.702. The summed E-state index contributed by atoms with van der Waals surface area (Å²) in [6.45, 7) is 5.67. The van der Waals surface area contributed by atoms with Crippen molar-refractivity contribution >= 4 is 11.7 Å². The lowest BCUT2D eigenvalue weighted by Crippen LogP contribution is -2.49.